The van der Waals surface area contributed by atoms with Crippen molar-refractivity contribution in [1.29, 1.82) is 0 Å². The van der Waals surface area contributed by atoms with E-state index in [1.165, 1.54) is 11.1 Å². The van der Waals surface area contributed by atoms with Crippen LogP contribution in [0.2, 0.25) is 0 Å². The first kappa shape index (κ1) is 23.2. The Hall–Kier alpha value is -2.13. The predicted octanol–water partition coefficient (Wildman–Crippen LogP) is 6.40. The van der Waals surface area contributed by atoms with Crippen LogP contribution in [0.4, 0.5) is 0 Å². The fraction of sp³-hybridized carbons (Fsp3) is 0.500. The summed E-state index contributed by atoms with van der Waals surface area (Å²) in [6.45, 7) is 13.3. The first-order valence-electron chi connectivity index (χ1n) is 10.7. The lowest BCUT2D eigenvalue weighted by molar-refractivity contribution is -0.156. The standard InChI is InChI=1S/C26H37NO2/c1-20(2)17-24(18-25(28)29-26(4,5)6)27(19-22-13-9-7-10-14-22)21(3)23-15-11-8-12-16-23/h7-16,20-21,24H,17-19H2,1-6H3/t21-,24-/m0/s1. The molecule has 2 aromatic rings. The maximum atomic E-state index is 12.7. The summed E-state index contributed by atoms with van der Waals surface area (Å²) in [5, 5.41) is 0. The number of benzene rings is 2. The summed E-state index contributed by atoms with van der Waals surface area (Å²) in [5.41, 5.74) is 2.06. The molecule has 0 aliphatic rings. The number of carbonyl (C=O) groups is 1. The quantitative estimate of drug-likeness (QED) is 0.460. The highest BCUT2D eigenvalue weighted by Crippen LogP contribution is 2.29. The largest absolute Gasteiger partial charge is 0.460 e. The number of esters is 1. The van der Waals surface area contributed by atoms with E-state index >= 15 is 0 Å². The monoisotopic (exact) mass is 395 g/mol. The van der Waals surface area contributed by atoms with Crippen molar-refractivity contribution in [3.05, 3.63) is 71.8 Å². The normalized spacial score (nSPS) is 14.1. The van der Waals surface area contributed by atoms with E-state index in [0.29, 0.717) is 12.3 Å². The first-order valence-corrected chi connectivity index (χ1v) is 10.7. The van der Waals surface area contributed by atoms with Gasteiger partial charge in [0.05, 0.1) is 6.42 Å². The van der Waals surface area contributed by atoms with Gasteiger partial charge >= 0.3 is 5.97 Å². The van der Waals surface area contributed by atoms with Gasteiger partial charge in [0.25, 0.3) is 0 Å². The minimum atomic E-state index is -0.464. The molecule has 0 aliphatic heterocycles. The van der Waals surface area contributed by atoms with E-state index < -0.39 is 5.60 Å². The van der Waals surface area contributed by atoms with Crippen LogP contribution in [0.5, 0.6) is 0 Å². The third-order valence-electron chi connectivity index (χ3n) is 5.02. The van der Waals surface area contributed by atoms with Crippen molar-refractivity contribution in [2.75, 3.05) is 0 Å². The van der Waals surface area contributed by atoms with Crippen LogP contribution in [0, 0.1) is 5.92 Å². The van der Waals surface area contributed by atoms with Gasteiger partial charge in [-0.25, -0.2) is 0 Å². The summed E-state index contributed by atoms with van der Waals surface area (Å²) in [6.07, 6.45) is 1.35. The summed E-state index contributed by atoms with van der Waals surface area (Å²) in [6, 6.07) is 21.4. The Labute approximate surface area is 177 Å². The molecule has 0 fully saturated rings. The van der Waals surface area contributed by atoms with Gasteiger partial charge in [0.2, 0.25) is 0 Å². The Kier molecular flexibility index (Phi) is 8.45. The minimum Gasteiger partial charge on any atom is -0.460 e. The van der Waals surface area contributed by atoms with Crippen LogP contribution in [0.15, 0.2) is 60.7 Å². The van der Waals surface area contributed by atoms with E-state index in [1.807, 2.05) is 32.9 Å². The second kappa shape index (κ2) is 10.6. The second-order valence-corrected chi connectivity index (χ2v) is 9.32. The number of hydrogen-bond acceptors (Lipinski definition) is 3. The molecule has 0 aliphatic carbocycles. The molecule has 0 N–H and O–H groups in total. The van der Waals surface area contributed by atoms with Crippen molar-refractivity contribution < 1.29 is 9.53 Å². The molecule has 0 amide bonds. The van der Waals surface area contributed by atoms with Gasteiger partial charge in [-0.05, 0) is 51.2 Å². The number of hydrogen-bond donors (Lipinski definition) is 0. The fourth-order valence-corrected chi connectivity index (χ4v) is 3.76. The van der Waals surface area contributed by atoms with Gasteiger partial charge in [-0.2, -0.15) is 0 Å². The molecule has 0 bridgehead atoms. The van der Waals surface area contributed by atoms with Crippen molar-refractivity contribution >= 4 is 5.97 Å². The zero-order valence-corrected chi connectivity index (χ0v) is 18.9. The molecule has 0 saturated heterocycles. The Morgan fingerprint density at radius 2 is 1.48 bits per heavy atom. The summed E-state index contributed by atoms with van der Waals surface area (Å²) < 4.78 is 5.67. The van der Waals surface area contributed by atoms with Crippen molar-refractivity contribution in [1.82, 2.24) is 4.90 Å². The molecule has 2 rings (SSSR count). The molecule has 0 aromatic heterocycles. The van der Waals surface area contributed by atoms with Crippen LogP contribution in [-0.4, -0.2) is 22.5 Å². The van der Waals surface area contributed by atoms with Gasteiger partial charge < -0.3 is 4.74 Å². The molecule has 0 radical (unpaired) electrons. The zero-order chi connectivity index (χ0) is 21.4. The molecule has 0 heterocycles. The van der Waals surface area contributed by atoms with Gasteiger partial charge in [0, 0.05) is 18.6 Å². The maximum Gasteiger partial charge on any atom is 0.307 e. The van der Waals surface area contributed by atoms with Gasteiger partial charge in [-0.15, -0.1) is 0 Å². The van der Waals surface area contributed by atoms with Crippen molar-refractivity contribution in [2.24, 2.45) is 5.92 Å². The number of ether oxygens (including phenoxy) is 1. The zero-order valence-electron chi connectivity index (χ0n) is 18.9. The predicted molar refractivity (Wildman–Crippen MR) is 121 cm³/mol. The maximum absolute atomic E-state index is 12.7. The molecule has 2 atom stereocenters. The lowest BCUT2D eigenvalue weighted by Gasteiger charge is -2.38. The van der Waals surface area contributed by atoms with E-state index in [4.69, 9.17) is 4.74 Å². The van der Waals surface area contributed by atoms with Gasteiger partial charge in [-0.3, -0.25) is 9.69 Å². The second-order valence-electron chi connectivity index (χ2n) is 9.32. The van der Waals surface area contributed by atoms with Crippen molar-refractivity contribution in [3.63, 3.8) is 0 Å². The van der Waals surface area contributed by atoms with E-state index in [1.54, 1.807) is 0 Å². The Balaban J connectivity index is 2.32. The molecule has 0 saturated carbocycles. The van der Waals surface area contributed by atoms with Crippen molar-refractivity contribution in [2.45, 2.75) is 78.6 Å². The van der Waals surface area contributed by atoms with Crippen molar-refractivity contribution in [3.8, 4) is 0 Å². The molecule has 29 heavy (non-hydrogen) atoms. The van der Waals surface area contributed by atoms with Crippen LogP contribution < -0.4 is 0 Å². The van der Waals surface area contributed by atoms with Crippen LogP contribution in [0.25, 0.3) is 0 Å². The van der Waals surface area contributed by atoms with E-state index in [0.717, 1.165) is 13.0 Å². The third-order valence-corrected chi connectivity index (χ3v) is 5.02. The fourth-order valence-electron chi connectivity index (χ4n) is 3.76. The number of nitrogens with zero attached hydrogens (tertiary/aromatic N) is 1. The lowest BCUT2D eigenvalue weighted by atomic mass is 9.95. The lowest BCUT2D eigenvalue weighted by Crippen LogP contribution is -2.40. The number of carbonyl (C=O) groups excluding carboxylic acids is 1. The smallest absolute Gasteiger partial charge is 0.307 e. The number of rotatable bonds is 9. The van der Waals surface area contributed by atoms with E-state index in [2.05, 4.69) is 74.2 Å². The van der Waals surface area contributed by atoms with Crippen LogP contribution in [0.3, 0.4) is 0 Å². The molecular formula is C26H37NO2. The average Bonchev–Trinajstić information content (AvgIpc) is 2.65. The molecule has 0 unspecified atom stereocenters. The Morgan fingerprint density at radius 1 is 0.931 bits per heavy atom. The molecule has 3 nitrogen and oxygen atoms in total. The van der Waals surface area contributed by atoms with Gasteiger partial charge in [-0.1, -0.05) is 74.5 Å². The molecule has 158 valence electrons. The Morgan fingerprint density at radius 3 is 2.00 bits per heavy atom. The van der Waals surface area contributed by atoms with E-state index in [-0.39, 0.29) is 18.1 Å². The SMILES string of the molecule is CC(C)C[C@@H](CC(=O)OC(C)(C)C)N(Cc1ccccc1)[C@@H](C)c1ccccc1. The molecular weight excluding hydrogens is 358 g/mol. The highest BCUT2D eigenvalue weighted by molar-refractivity contribution is 5.70. The van der Waals surface area contributed by atoms with Crippen LogP contribution in [0.1, 0.15) is 71.6 Å². The highest BCUT2D eigenvalue weighted by atomic mass is 16.6. The average molecular weight is 396 g/mol. The molecule has 3 heteroatoms. The van der Waals surface area contributed by atoms with Crippen LogP contribution >= 0.6 is 0 Å². The first-order chi connectivity index (χ1) is 13.7. The third kappa shape index (κ3) is 8.02. The van der Waals surface area contributed by atoms with E-state index in [9.17, 15) is 4.79 Å². The summed E-state index contributed by atoms with van der Waals surface area (Å²) in [5.74, 6) is 0.366. The minimum absolute atomic E-state index is 0.111. The van der Waals surface area contributed by atoms with Gasteiger partial charge in [0.1, 0.15) is 5.60 Å². The topological polar surface area (TPSA) is 29.5 Å². The van der Waals surface area contributed by atoms with Gasteiger partial charge in [0.15, 0.2) is 0 Å². The van der Waals surface area contributed by atoms with Crippen LogP contribution in [-0.2, 0) is 16.1 Å². The summed E-state index contributed by atoms with van der Waals surface area (Å²) in [4.78, 5) is 15.2. The Bertz CT molecular complexity index is 734. The highest BCUT2D eigenvalue weighted by Gasteiger charge is 2.29. The summed E-state index contributed by atoms with van der Waals surface area (Å²) >= 11 is 0. The molecule has 0 spiro atoms. The molecule has 2 aromatic carbocycles. The summed E-state index contributed by atoms with van der Waals surface area (Å²) in [7, 11) is 0.